The van der Waals surface area contributed by atoms with Crippen LogP contribution < -0.4 is 4.74 Å². The molecule has 0 spiro atoms. The number of hydrogen-bond donors (Lipinski definition) is 0. The van der Waals surface area contributed by atoms with Crippen molar-refractivity contribution in [1.82, 2.24) is 9.55 Å². The largest absolute Gasteiger partial charge is 0.493 e. The Morgan fingerprint density at radius 3 is 2.92 bits per heavy atom. The van der Waals surface area contributed by atoms with E-state index in [0.717, 1.165) is 28.5 Å². The van der Waals surface area contributed by atoms with Gasteiger partial charge in [-0.3, -0.25) is 0 Å². The number of fused-ring (bicyclic) bond motifs is 1. The standard InChI is InChI=1S/C19H18ClN3O2S/c1-24-8-7-23-18-6-5-15(20)12-17(18)22-19(23)26-10-9-25-16-4-2-3-14(11-16)13-21/h2-6,11-12H,7-10H2,1H3. The highest BCUT2D eigenvalue weighted by Crippen LogP contribution is 2.26. The quantitative estimate of drug-likeness (QED) is 0.424. The Morgan fingerprint density at radius 2 is 2.12 bits per heavy atom. The second-order valence-corrected chi connectivity index (χ2v) is 7.01. The van der Waals surface area contributed by atoms with Gasteiger partial charge in [-0.2, -0.15) is 5.26 Å². The highest BCUT2D eigenvalue weighted by Gasteiger charge is 2.11. The molecule has 0 atom stereocenters. The van der Waals surface area contributed by atoms with Crippen LogP contribution in [-0.4, -0.2) is 35.6 Å². The lowest BCUT2D eigenvalue weighted by molar-refractivity contribution is 0.186. The van der Waals surface area contributed by atoms with Crippen molar-refractivity contribution in [2.75, 3.05) is 26.1 Å². The van der Waals surface area contributed by atoms with Gasteiger partial charge in [0.15, 0.2) is 5.16 Å². The fourth-order valence-electron chi connectivity index (χ4n) is 2.54. The van der Waals surface area contributed by atoms with E-state index in [4.69, 9.17) is 26.3 Å². The summed E-state index contributed by atoms with van der Waals surface area (Å²) >= 11 is 7.70. The molecule has 26 heavy (non-hydrogen) atoms. The van der Waals surface area contributed by atoms with E-state index in [1.165, 1.54) is 0 Å². The normalized spacial score (nSPS) is 10.8. The van der Waals surface area contributed by atoms with Crippen molar-refractivity contribution in [1.29, 1.82) is 5.26 Å². The number of benzene rings is 2. The van der Waals surface area contributed by atoms with Gasteiger partial charge in [-0.05, 0) is 36.4 Å². The maximum atomic E-state index is 8.93. The molecule has 0 aliphatic heterocycles. The van der Waals surface area contributed by atoms with Gasteiger partial charge in [0.05, 0.1) is 35.9 Å². The van der Waals surface area contributed by atoms with Crippen LogP contribution in [0.3, 0.4) is 0 Å². The number of nitriles is 1. The molecule has 0 saturated heterocycles. The number of halogens is 1. The number of ether oxygens (including phenoxy) is 2. The Hall–Kier alpha value is -2.20. The lowest BCUT2D eigenvalue weighted by Crippen LogP contribution is -2.07. The van der Waals surface area contributed by atoms with E-state index in [1.54, 1.807) is 31.0 Å². The van der Waals surface area contributed by atoms with Crippen molar-refractivity contribution in [3.63, 3.8) is 0 Å². The van der Waals surface area contributed by atoms with Gasteiger partial charge in [0.1, 0.15) is 5.75 Å². The fourth-order valence-corrected chi connectivity index (χ4v) is 3.56. The molecule has 0 aliphatic rings. The third-order valence-corrected chi connectivity index (χ3v) is 4.92. The summed E-state index contributed by atoms with van der Waals surface area (Å²) in [5.74, 6) is 1.44. The molecule has 1 heterocycles. The number of methoxy groups -OCH3 is 1. The molecular weight excluding hydrogens is 370 g/mol. The Labute approximate surface area is 161 Å². The van der Waals surface area contributed by atoms with Crippen molar-refractivity contribution >= 4 is 34.4 Å². The summed E-state index contributed by atoms with van der Waals surface area (Å²) in [6.07, 6.45) is 0. The van der Waals surface area contributed by atoms with Gasteiger partial charge in [0, 0.05) is 24.4 Å². The second-order valence-electron chi connectivity index (χ2n) is 5.51. The first-order chi connectivity index (χ1) is 12.7. The van der Waals surface area contributed by atoms with E-state index in [1.807, 2.05) is 30.3 Å². The zero-order valence-electron chi connectivity index (χ0n) is 14.3. The smallest absolute Gasteiger partial charge is 0.169 e. The van der Waals surface area contributed by atoms with Crippen LogP contribution in [0.2, 0.25) is 5.02 Å². The molecule has 3 aromatic rings. The van der Waals surface area contributed by atoms with E-state index >= 15 is 0 Å². The number of hydrogen-bond acceptors (Lipinski definition) is 5. The molecule has 0 radical (unpaired) electrons. The van der Waals surface area contributed by atoms with Gasteiger partial charge in [-0.1, -0.05) is 29.4 Å². The first-order valence-corrected chi connectivity index (χ1v) is 9.48. The first-order valence-electron chi connectivity index (χ1n) is 8.12. The van der Waals surface area contributed by atoms with Crippen LogP contribution in [0.1, 0.15) is 5.56 Å². The molecule has 0 saturated carbocycles. The lowest BCUT2D eigenvalue weighted by atomic mass is 10.2. The summed E-state index contributed by atoms with van der Waals surface area (Å²) in [7, 11) is 1.69. The Morgan fingerprint density at radius 1 is 1.23 bits per heavy atom. The Bertz CT molecular complexity index is 936. The van der Waals surface area contributed by atoms with E-state index in [-0.39, 0.29) is 0 Å². The zero-order chi connectivity index (χ0) is 18.4. The molecule has 7 heteroatoms. The third kappa shape index (κ3) is 4.50. The minimum Gasteiger partial charge on any atom is -0.493 e. The van der Waals surface area contributed by atoms with E-state index in [0.29, 0.717) is 29.5 Å². The molecule has 5 nitrogen and oxygen atoms in total. The fraction of sp³-hybridized carbons (Fsp3) is 0.263. The maximum Gasteiger partial charge on any atom is 0.169 e. The topological polar surface area (TPSA) is 60.1 Å². The molecule has 0 amide bonds. The highest BCUT2D eigenvalue weighted by atomic mass is 35.5. The summed E-state index contributed by atoms with van der Waals surface area (Å²) in [5, 5.41) is 10.5. The molecule has 2 aromatic carbocycles. The van der Waals surface area contributed by atoms with Crippen molar-refractivity contribution in [2.24, 2.45) is 0 Å². The lowest BCUT2D eigenvalue weighted by Gasteiger charge is -2.09. The molecule has 134 valence electrons. The van der Waals surface area contributed by atoms with Gasteiger partial charge in [-0.15, -0.1) is 0 Å². The maximum absolute atomic E-state index is 8.93. The average molecular weight is 388 g/mol. The van der Waals surface area contributed by atoms with Gasteiger partial charge in [-0.25, -0.2) is 4.98 Å². The predicted octanol–water partition coefficient (Wildman–Crippen LogP) is 4.38. The van der Waals surface area contributed by atoms with Crippen molar-refractivity contribution in [2.45, 2.75) is 11.7 Å². The Balaban J connectivity index is 1.66. The van der Waals surface area contributed by atoms with Crippen LogP contribution in [0, 0.1) is 11.3 Å². The van der Waals surface area contributed by atoms with Crippen LogP contribution in [-0.2, 0) is 11.3 Å². The summed E-state index contributed by atoms with van der Waals surface area (Å²) in [6, 6.07) is 15.0. The predicted molar refractivity (Wildman–Crippen MR) is 104 cm³/mol. The van der Waals surface area contributed by atoms with Gasteiger partial charge in [0.25, 0.3) is 0 Å². The number of nitrogens with zero attached hydrogens (tertiary/aromatic N) is 3. The molecule has 0 N–H and O–H groups in total. The molecule has 3 rings (SSSR count). The van der Waals surface area contributed by atoms with E-state index in [9.17, 15) is 0 Å². The molecule has 0 aliphatic carbocycles. The van der Waals surface area contributed by atoms with Crippen LogP contribution in [0.4, 0.5) is 0 Å². The first kappa shape index (κ1) is 18.6. The summed E-state index contributed by atoms with van der Waals surface area (Å²) in [6.45, 7) is 1.86. The molecule has 1 aromatic heterocycles. The van der Waals surface area contributed by atoms with Crippen molar-refractivity contribution in [3.8, 4) is 11.8 Å². The monoisotopic (exact) mass is 387 g/mol. The zero-order valence-corrected chi connectivity index (χ0v) is 15.9. The number of thioether (sulfide) groups is 1. The van der Waals surface area contributed by atoms with E-state index in [2.05, 4.69) is 15.6 Å². The van der Waals surface area contributed by atoms with Gasteiger partial charge < -0.3 is 14.0 Å². The minimum atomic E-state index is 0.522. The molecular formula is C19H18ClN3O2S. The van der Waals surface area contributed by atoms with Crippen LogP contribution >= 0.6 is 23.4 Å². The number of imidazole rings is 1. The molecule has 0 unspecified atom stereocenters. The van der Waals surface area contributed by atoms with Crippen LogP contribution in [0.15, 0.2) is 47.6 Å². The SMILES string of the molecule is COCCn1c(SCCOc2cccc(C#N)c2)nc2cc(Cl)ccc21. The summed E-state index contributed by atoms with van der Waals surface area (Å²) < 4.78 is 13.1. The minimum absolute atomic E-state index is 0.522. The van der Waals surface area contributed by atoms with Crippen LogP contribution in [0.5, 0.6) is 5.75 Å². The summed E-state index contributed by atoms with van der Waals surface area (Å²) in [4.78, 5) is 4.69. The highest BCUT2D eigenvalue weighted by molar-refractivity contribution is 7.99. The number of rotatable bonds is 8. The van der Waals surface area contributed by atoms with Crippen molar-refractivity contribution in [3.05, 3.63) is 53.1 Å². The van der Waals surface area contributed by atoms with Gasteiger partial charge >= 0.3 is 0 Å². The number of aromatic nitrogens is 2. The van der Waals surface area contributed by atoms with E-state index < -0.39 is 0 Å². The molecule has 0 fully saturated rings. The van der Waals surface area contributed by atoms with Crippen molar-refractivity contribution < 1.29 is 9.47 Å². The third-order valence-electron chi connectivity index (χ3n) is 3.74. The molecule has 0 bridgehead atoms. The second kappa shape index (κ2) is 8.95. The van der Waals surface area contributed by atoms with Crippen LogP contribution in [0.25, 0.3) is 11.0 Å². The Kier molecular flexibility index (Phi) is 6.40. The average Bonchev–Trinajstić information content (AvgIpc) is 3.00. The van der Waals surface area contributed by atoms with Gasteiger partial charge in [0.2, 0.25) is 0 Å². The summed E-state index contributed by atoms with van der Waals surface area (Å²) in [5.41, 5.74) is 2.50.